The Hall–Kier alpha value is -1.41. The van der Waals surface area contributed by atoms with E-state index in [0.717, 1.165) is 19.1 Å². The summed E-state index contributed by atoms with van der Waals surface area (Å²) in [6.07, 6.45) is 6.09. The molecular weight excluding hydrogens is 144 g/mol. The molecule has 0 aromatic heterocycles. The third-order valence-electron chi connectivity index (χ3n) is 1.41. The first-order valence-electron chi connectivity index (χ1n) is 3.36. The lowest BCUT2D eigenvalue weighted by molar-refractivity contribution is -0.143. The fourth-order valence-electron chi connectivity index (χ4n) is 0.930. The highest BCUT2D eigenvalue weighted by atomic mass is 16.5. The first kappa shape index (κ1) is 7.69. The van der Waals surface area contributed by atoms with Crippen molar-refractivity contribution in [3.63, 3.8) is 0 Å². The van der Waals surface area contributed by atoms with E-state index in [1.807, 2.05) is 12.2 Å². The van der Waals surface area contributed by atoms with Crippen LogP contribution in [0, 0.1) is 0 Å². The Morgan fingerprint density at radius 1 is 1.64 bits per heavy atom. The molecule has 4 heteroatoms. The van der Waals surface area contributed by atoms with Crippen LogP contribution in [0.25, 0.3) is 5.53 Å². The maximum Gasteiger partial charge on any atom is 0.413 e. The molecule has 0 aliphatic heterocycles. The van der Waals surface area contributed by atoms with Crippen molar-refractivity contribution in [3.8, 4) is 0 Å². The van der Waals surface area contributed by atoms with Gasteiger partial charge in [-0.25, -0.2) is 4.79 Å². The predicted octanol–water partition coefficient (Wildman–Crippen LogP) is 0.549. The fourth-order valence-corrected chi connectivity index (χ4v) is 0.930. The molecule has 4 nitrogen and oxygen atoms in total. The minimum atomic E-state index is -0.596. The lowest BCUT2D eigenvalue weighted by atomic mass is 10.3. The van der Waals surface area contributed by atoms with Gasteiger partial charge in [-0.05, 0) is 0 Å². The van der Waals surface area contributed by atoms with Crippen LogP contribution in [0.5, 0.6) is 0 Å². The molecule has 0 saturated carbocycles. The second kappa shape index (κ2) is 3.68. The molecule has 0 unspecified atom stereocenters. The van der Waals surface area contributed by atoms with Gasteiger partial charge >= 0.3 is 12.2 Å². The van der Waals surface area contributed by atoms with Crippen molar-refractivity contribution < 1.29 is 14.3 Å². The molecule has 0 heterocycles. The monoisotopic (exact) mass is 152 g/mol. The summed E-state index contributed by atoms with van der Waals surface area (Å²) in [6, 6.07) is 0. The van der Waals surface area contributed by atoms with Gasteiger partial charge in [-0.1, -0.05) is 12.2 Å². The minimum Gasteiger partial charge on any atom is -0.453 e. The van der Waals surface area contributed by atoms with Crippen LogP contribution < -0.4 is 0 Å². The molecule has 0 fully saturated rings. The third kappa shape index (κ3) is 2.35. The van der Waals surface area contributed by atoms with E-state index in [9.17, 15) is 4.79 Å². The second-order valence-electron chi connectivity index (χ2n) is 2.25. The van der Waals surface area contributed by atoms with Crippen molar-refractivity contribution in [2.24, 2.45) is 0 Å². The van der Waals surface area contributed by atoms with Crippen molar-refractivity contribution >= 4 is 12.2 Å². The van der Waals surface area contributed by atoms with Crippen LogP contribution in [0.15, 0.2) is 12.2 Å². The van der Waals surface area contributed by atoms with Crippen LogP contribution >= 0.6 is 0 Å². The van der Waals surface area contributed by atoms with Gasteiger partial charge in [-0.15, -0.1) is 0 Å². The van der Waals surface area contributed by atoms with Crippen molar-refractivity contribution in [2.75, 3.05) is 0 Å². The summed E-state index contributed by atoms with van der Waals surface area (Å²) in [5, 5.41) is 0. The number of hydrogen-bond acceptors (Lipinski definition) is 2. The van der Waals surface area contributed by atoms with Crippen molar-refractivity contribution in [1.82, 2.24) is 0 Å². The summed E-state index contributed by atoms with van der Waals surface area (Å²) in [5.74, 6) is -0.596. The summed E-state index contributed by atoms with van der Waals surface area (Å²) in [5.41, 5.74) is 7.96. The van der Waals surface area contributed by atoms with Crippen molar-refractivity contribution in [1.29, 1.82) is 0 Å². The van der Waals surface area contributed by atoms with Gasteiger partial charge < -0.3 is 10.3 Å². The zero-order valence-corrected chi connectivity index (χ0v) is 5.93. The molecule has 58 valence electrons. The quantitative estimate of drug-likeness (QED) is 0.191. The molecule has 1 aliphatic carbocycles. The molecule has 0 radical (unpaired) electrons. The van der Waals surface area contributed by atoms with Crippen LogP contribution in [0.4, 0.5) is 0 Å². The molecule has 0 aromatic rings. The number of carbonyl (C=O) groups is 1. The number of rotatable bonds is 2. The van der Waals surface area contributed by atoms with Gasteiger partial charge in [0.25, 0.3) is 0 Å². The normalized spacial score (nSPS) is 16.0. The Morgan fingerprint density at radius 2 is 2.27 bits per heavy atom. The Labute approximate surface area is 64.1 Å². The number of esters is 1. The SMILES string of the molecule is [N-]=[N+]=CC(=O)OC1CC=CC1. The first-order chi connectivity index (χ1) is 5.33. The molecule has 0 saturated heterocycles. The zero-order valence-electron chi connectivity index (χ0n) is 5.93. The van der Waals surface area contributed by atoms with Crippen molar-refractivity contribution in [3.05, 3.63) is 17.7 Å². The number of nitrogens with zero attached hydrogens (tertiary/aromatic N) is 2. The first-order valence-corrected chi connectivity index (χ1v) is 3.36. The number of ether oxygens (including phenoxy) is 1. The van der Waals surface area contributed by atoms with Gasteiger partial charge in [-0.3, -0.25) is 0 Å². The molecule has 0 aromatic carbocycles. The Bertz CT molecular complexity index is 221. The maximum absolute atomic E-state index is 10.6. The highest BCUT2D eigenvalue weighted by Gasteiger charge is 2.15. The smallest absolute Gasteiger partial charge is 0.413 e. The largest absolute Gasteiger partial charge is 0.453 e. The van der Waals surface area contributed by atoms with Crippen LogP contribution in [-0.2, 0) is 9.53 Å². The van der Waals surface area contributed by atoms with Crippen LogP contribution in [-0.4, -0.2) is 23.1 Å². The van der Waals surface area contributed by atoms with E-state index in [1.54, 1.807) is 0 Å². The third-order valence-corrected chi connectivity index (χ3v) is 1.41. The minimum absolute atomic E-state index is 0.0690. The van der Waals surface area contributed by atoms with Gasteiger partial charge in [-0.2, -0.15) is 4.79 Å². The van der Waals surface area contributed by atoms with E-state index in [2.05, 4.69) is 4.79 Å². The van der Waals surface area contributed by atoms with Gasteiger partial charge in [0.05, 0.1) is 0 Å². The van der Waals surface area contributed by atoms with Crippen molar-refractivity contribution in [2.45, 2.75) is 18.9 Å². The Kier molecular flexibility index (Phi) is 2.58. The second-order valence-corrected chi connectivity index (χ2v) is 2.25. The molecule has 0 spiro atoms. The van der Waals surface area contributed by atoms with Crippen LogP contribution in [0.3, 0.4) is 0 Å². The summed E-state index contributed by atoms with van der Waals surface area (Å²) in [4.78, 5) is 13.2. The van der Waals surface area contributed by atoms with E-state index < -0.39 is 5.97 Å². The van der Waals surface area contributed by atoms with Gasteiger partial charge in [0, 0.05) is 12.8 Å². The lowest BCUT2D eigenvalue weighted by Crippen LogP contribution is -2.15. The lowest BCUT2D eigenvalue weighted by Gasteiger charge is -2.06. The summed E-state index contributed by atoms with van der Waals surface area (Å²) >= 11 is 0. The molecule has 11 heavy (non-hydrogen) atoms. The number of carbonyl (C=O) groups excluding carboxylic acids is 1. The standard InChI is InChI=1S/C7H8N2O2/c8-9-5-7(10)11-6-3-1-2-4-6/h1-2,5-6H,3-4H2. The summed E-state index contributed by atoms with van der Waals surface area (Å²) < 4.78 is 4.84. The highest BCUT2D eigenvalue weighted by Crippen LogP contribution is 2.12. The number of hydrogen-bond donors (Lipinski definition) is 0. The predicted molar refractivity (Wildman–Crippen MR) is 37.9 cm³/mol. The van der Waals surface area contributed by atoms with E-state index >= 15 is 0 Å². The molecule has 0 atom stereocenters. The van der Waals surface area contributed by atoms with E-state index in [4.69, 9.17) is 10.3 Å². The van der Waals surface area contributed by atoms with E-state index in [-0.39, 0.29) is 6.10 Å². The molecular formula is C7H8N2O2. The zero-order chi connectivity index (χ0) is 8.10. The molecule has 0 bridgehead atoms. The van der Waals surface area contributed by atoms with Gasteiger partial charge in [0.1, 0.15) is 6.10 Å². The van der Waals surface area contributed by atoms with E-state index in [1.165, 1.54) is 0 Å². The Morgan fingerprint density at radius 3 is 2.82 bits per heavy atom. The average Bonchev–Trinajstić information content (AvgIpc) is 2.40. The van der Waals surface area contributed by atoms with Crippen LogP contribution in [0.2, 0.25) is 0 Å². The average molecular weight is 152 g/mol. The van der Waals surface area contributed by atoms with E-state index in [0.29, 0.717) is 0 Å². The summed E-state index contributed by atoms with van der Waals surface area (Å²) in [6.45, 7) is 0. The van der Waals surface area contributed by atoms with Gasteiger partial charge in [0.2, 0.25) is 0 Å². The topological polar surface area (TPSA) is 62.7 Å². The Balaban J connectivity index is 2.30. The maximum atomic E-state index is 10.6. The molecule has 1 aliphatic rings. The molecule has 0 N–H and O–H groups in total. The molecule has 1 rings (SSSR count). The van der Waals surface area contributed by atoms with Crippen LogP contribution in [0.1, 0.15) is 12.8 Å². The van der Waals surface area contributed by atoms with Gasteiger partial charge in [0.15, 0.2) is 0 Å². The fraction of sp³-hybridized carbons (Fsp3) is 0.429. The molecule has 0 amide bonds. The highest BCUT2D eigenvalue weighted by molar-refractivity contribution is 6.20. The summed E-state index contributed by atoms with van der Waals surface area (Å²) in [7, 11) is 0.